The molecule has 3 rings (SSSR count). The number of hydrogen-bond donors (Lipinski definition) is 0. The van der Waals surface area contributed by atoms with Gasteiger partial charge in [0.15, 0.2) is 13.6 Å². The lowest BCUT2D eigenvalue weighted by Crippen LogP contribution is -2.34. The van der Waals surface area contributed by atoms with Crippen molar-refractivity contribution in [2.75, 3.05) is 0 Å². The molecule has 0 amide bonds. The molecule has 0 aliphatic heterocycles. The van der Waals surface area contributed by atoms with Crippen molar-refractivity contribution in [3.05, 3.63) is 68.7 Å². The number of carbonyl (C=O) groups excluding carboxylic acids is 2. The monoisotopic (exact) mass is 421 g/mol. The van der Waals surface area contributed by atoms with Crippen LogP contribution in [0.15, 0.2) is 36.4 Å². The second kappa shape index (κ2) is 7.83. The van der Waals surface area contributed by atoms with Crippen LogP contribution in [0, 0.1) is 13.8 Å². The number of benzene rings is 2. The minimum atomic E-state index is -2.48. The number of hydrogen-bond acceptors (Lipinski definition) is 3. The molecule has 3 nitrogen and oxygen atoms in total. The van der Waals surface area contributed by atoms with Gasteiger partial charge in [-0.2, -0.15) is 0 Å². The van der Waals surface area contributed by atoms with E-state index in [1.54, 1.807) is 18.2 Å². The molecule has 0 aromatic heterocycles. The fraction of sp³-hybridized carbons (Fsp3) is 0.333. The summed E-state index contributed by atoms with van der Waals surface area (Å²) in [5.41, 5.74) is 1.68. The molecule has 27 heavy (non-hydrogen) atoms. The molecule has 2 aromatic carbocycles. The predicted octanol–water partition coefficient (Wildman–Crippen LogP) is 6.77. The van der Waals surface area contributed by atoms with E-state index < -0.39 is 18.5 Å². The molecule has 1 aliphatic carbocycles. The normalized spacial score (nSPS) is 16.2. The van der Waals surface area contributed by atoms with Gasteiger partial charge in [-0.05, 0) is 49.9 Å². The van der Waals surface area contributed by atoms with E-state index in [-0.39, 0.29) is 21.4 Å². The van der Waals surface area contributed by atoms with Gasteiger partial charge in [-0.1, -0.05) is 60.3 Å². The summed E-state index contributed by atoms with van der Waals surface area (Å²) in [5, 5.41) is -0.793. The topological polar surface area (TPSA) is 51.2 Å². The van der Waals surface area contributed by atoms with Gasteiger partial charge in [0.1, 0.15) is 5.16 Å². The van der Waals surface area contributed by atoms with Crippen LogP contribution >= 0.6 is 31.0 Å². The summed E-state index contributed by atoms with van der Waals surface area (Å²) in [4.78, 5) is 26.6. The maximum Gasteiger partial charge on any atom is 0.243 e. The third kappa shape index (κ3) is 3.49. The summed E-state index contributed by atoms with van der Waals surface area (Å²) in [6.45, 7) is 3.63. The first-order valence-corrected chi connectivity index (χ1v) is 10.9. The van der Waals surface area contributed by atoms with Crippen LogP contribution in [-0.2, 0) is 4.57 Å². The first kappa shape index (κ1) is 20.2. The molecule has 1 atom stereocenters. The van der Waals surface area contributed by atoms with Crippen LogP contribution in [-0.4, -0.2) is 16.5 Å². The highest BCUT2D eigenvalue weighted by Gasteiger charge is 2.51. The molecular weight excluding hydrogens is 402 g/mol. The van der Waals surface area contributed by atoms with E-state index in [2.05, 4.69) is 0 Å². The Morgan fingerprint density at radius 2 is 1.37 bits per heavy atom. The lowest BCUT2D eigenvalue weighted by Gasteiger charge is -2.26. The molecule has 141 valence electrons. The lowest BCUT2D eigenvalue weighted by molar-refractivity contribution is 0.0931. The molecule has 6 heteroatoms. The Hall–Kier alpha value is -1.54. The predicted molar refractivity (Wildman–Crippen MR) is 110 cm³/mol. The summed E-state index contributed by atoms with van der Waals surface area (Å²) < 4.78 is 13.5. The second-order valence-electron chi connectivity index (χ2n) is 7.03. The van der Waals surface area contributed by atoms with Crippen molar-refractivity contribution < 1.29 is 14.2 Å². The highest BCUT2D eigenvalue weighted by atomic mass is 35.5. The number of ketones is 1. The molecule has 0 heterocycles. The van der Waals surface area contributed by atoms with E-state index in [0.717, 1.165) is 24.0 Å². The Bertz CT molecular complexity index is 906. The molecule has 1 radical (unpaired) electrons. The SMILES string of the molecule is Cc1cccc(C)c1C(=O)[P](=O)C1(C(=O)c2c(Cl)cccc2Cl)CCCC1. The van der Waals surface area contributed by atoms with Crippen LogP contribution in [0.3, 0.4) is 0 Å². The average Bonchev–Trinajstić information content (AvgIpc) is 3.11. The van der Waals surface area contributed by atoms with Crippen LogP contribution < -0.4 is 0 Å². The molecule has 1 unspecified atom stereocenters. The van der Waals surface area contributed by atoms with E-state index in [9.17, 15) is 14.2 Å². The first-order valence-electron chi connectivity index (χ1n) is 8.86. The lowest BCUT2D eigenvalue weighted by atomic mass is 9.95. The van der Waals surface area contributed by atoms with Crippen LogP contribution in [0.5, 0.6) is 0 Å². The summed E-state index contributed by atoms with van der Waals surface area (Å²) in [6.07, 6.45) is 2.29. The van der Waals surface area contributed by atoms with Crippen molar-refractivity contribution in [2.45, 2.75) is 44.7 Å². The molecule has 1 aliphatic rings. The van der Waals surface area contributed by atoms with Crippen molar-refractivity contribution in [1.82, 2.24) is 0 Å². The van der Waals surface area contributed by atoms with Crippen molar-refractivity contribution in [3.63, 3.8) is 0 Å². The minimum Gasteiger partial charge on any atom is -0.293 e. The fourth-order valence-electron chi connectivity index (χ4n) is 3.88. The molecule has 0 saturated heterocycles. The standard InChI is InChI=1S/C21H20Cl2O3P/c1-13-7-5-8-14(2)17(13)20(25)27(26)21(11-3-4-12-21)19(24)18-15(22)9-6-10-16(18)23/h5-10H,3-4,11-12H2,1-2H3. The molecule has 1 fully saturated rings. The van der Waals surface area contributed by atoms with Gasteiger partial charge in [0.05, 0.1) is 15.6 Å². The largest absolute Gasteiger partial charge is 0.293 e. The van der Waals surface area contributed by atoms with Crippen molar-refractivity contribution in [1.29, 1.82) is 0 Å². The zero-order valence-corrected chi connectivity index (χ0v) is 17.6. The Morgan fingerprint density at radius 1 is 0.889 bits per heavy atom. The molecular formula is C21H20Cl2O3P. The Kier molecular flexibility index (Phi) is 5.86. The van der Waals surface area contributed by atoms with Crippen LogP contribution in [0.4, 0.5) is 0 Å². The third-order valence-corrected chi connectivity index (χ3v) is 7.96. The molecule has 2 aromatic rings. The molecule has 0 N–H and O–H groups in total. The number of rotatable bonds is 5. The van der Waals surface area contributed by atoms with Crippen molar-refractivity contribution >= 4 is 42.3 Å². The summed E-state index contributed by atoms with van der Waals surface area (Å²) >= 11 is 12.5. The zero-order chi connectivity index (χ0) is 19.8. The van der Waals surface area contributed by atoms with Gasteiger partial charge < -0.3 is 0 Å². The maximum atomic E-state index is 13.5. The molecule has 1 saturated carbocycles. The van der Waals surface area contributed by atoms with E-state index >= 15 is 0 Å². The van der Waals surface area contributed by atoms with E-state index in [4.69, 9.17) is 23.2 Å². The van der Waals surface area contributed by atoms with Crippen molar-refractivity contribution in [2.24, 2.45) is 0 Å². The Balaban J connectivity index is 2.09. The zero-order valence-electron chi connectivity index (χ0n) is 15.2. The van der Waals surface area contributed by atoms with E-state index in [1.807, 2.05) is 32.0 Å². The van der Waals surface area contributed by atoms with Gasteiger partial charge in [0.25, 0.3) is 0 Å². The van der Waals surface area contributed by atoms with Gasteiger partial charge in [0, 0.05) is 5.56 Å². The average molecular weight is 422 g/mol. The highest BCUT2D eigenvalue weighted by Crippen LogP contribution is 2.55. The fourth-order valence-corrected chi connectivity index (χ4v) is 6.41. The summed E-state index contributed by atoms with van der Waals surface area (Å²) in [5.74, 6) is -0.378. The van der Waals surface area contributed by atoms with Crippen LogP contribution in [0.2, 0.25) is 10.0 Å². The molecule has 0 bridgehead atoms. The number of Topliss-reactive ketones (excluding diaryl/α,β-unsaturated/α-hetero) is 1. The summed E-state index contributed by atoms with van der Waals surface area (Å²) in [6, 6.07) is 10.3. The Morgan fingerprint density at radius 3 is 1.89 bits per heavy atom. The molecule has 0 spiro atoms. The van der Waals surface area contributed by atoms with Crippen LogP contribution in [0.1, 0.15) is 57.5 Å². The highest BCUT2D eigenvalue weighted by molar-refractivity contribution is 7.67. The minimum absolute atomic E-state index is 0.167. The number of aryl methyl sites for hydroxylation is 2. The smallest absolute Gasteiger partial charge is 0.243 e. The summed E-state index contributed by atoms with van der Waals surface area (Å²) in [7, 11) is -2.48. The van der Waals surface area contributed by atoms with E-state index in [0.29, 0.717) is 18.4 Å². The van der Waals surface area contributed by atoms with Crippen molar-refractivity contribution in [3.8, 4) is 0 Å². The van der Waals surface area contributed by atoms with Gasteiger partial charge >= 0.3 is 0 Å². The number of carbonyl (C=O) groups is 2. The van der Waals surface area contributed by atoms with Crippen LogP contribution in [0.25, 0.3) is 0 Å². The third-order valence-electron chi connectivity index (χ3n) is 5.31. The van der Waals surface area contributed by atoms with Gasteiger partial charge in [-0.3, -0.25) is 14.2 Å². The van der Waals surface area contributed by atoms with Gasteiger partial charge in [-0.25, -0.2) is 0 Å². The Labute approximate surface area is 169 Å². The quantitative estimate of drug-likeness (QED) is 0.395. The first-order chi connectivity index (χ1) is 12.8. The number of halogens is 2. The van der Waals surface area contributed by atoms with E-state index in [1.165, 1.54) is 0 Å². The van der Waals surface area contributed by atoms with Gasteiger partial charge in [-0.15, -0.1) is 0 Å². The van der Waals surface area contributed by atoms with Gasteiger partial charge in [0.2, 0.25) is 5.52 Å². The maximum absolute atomic E-state index is 13.5. The second-order valence-corrected chi connectivity index (χ2v) is 9.70.